The number of amides is 1. The van der Waals surface area contributed by atoms with Crippen LogP contribution >= 0.6 is 0 Å². The molecule has 1 saturated heterocycles. The molecule has 3 aromatic rings. The van der Waals surface area contributed by atoms with Crippen molar-refractivity contribution in [2.45, 2.75) is 26.7 Å². The molecule has 0 N–H and O–H groups in total. The first-order chi connectivity index (χ1) is 15.4. The molecule has 0 unspecified atom stereocenters. The molecule has 4 rings (SSSR count). The number of anilines is 1. The van der Waals surface area contributed by atoms with Gasteiger partial charge < -0.3 is 19.1 Å². The summed E-state index contributed by atoms with van der Waals surface area (Å²) in [4.78, 5) is 37.1. The molecule has 0 saturated carbocycles. The van der Waals surface area contributed by atoms with Gasteiger partial charge in [-0.1, -0.05) is 31.1 Å². The number of aromatic nitrogens is 3. The number of para-hydroxylation sites is 1. The fourth-order valence-electron chi connectivity index (χ4n) is 3.49. The molecule has 9 heteroatoms. The summed E-state index contributed by atoms with van der Waals surface area (Å²) in [5, 5.41) is 4.02. The quantitative estimate of drug-likeness (QED) is 0.445. The van der Waals surface area contributed by atoms with E-state index >= 15 is 0 Å². The van der Waals surface area contributed by atoms with Gasteiger partial charge in [-0.3, -0.25) is 9.59 Å². The van der Waals surface area contributed by atoms with Gasteiger partial charge in [0.2, 0.25) is 11.7 Å². The van der Waals surface area contributed by atoms with Gasteiger partial charge in [0.25, 0.3) is 5.91 Å². The largest absolute Gasteiger partial charge is 0.426 e. The minimum Gasteiger partial charge on any atom is -0.426 e. The monoisotopic (exact) mass is 435 g/mol. The zero-order valence-corrected chi connectivity index (χ0v) is 18.3. The van der Waals surface area contributed by atoms with Crippen LogP contribution in [-0.2, 0) is 4.79 Å². The Labute approximate surface area is 186 Å². The molecular weight excluding hydrogens is 410 g/mol. The highest BCUT2D eigenvalue weighted by molar-refractivity contribution is 5.97. The van der Waals surface area contributed by atoms with Crippen molar-refractivity contribution < 1.29 is 18.8 Å². The average molecular weight is 435 g/mol. The lowest BCUT2D eigenvalue weighted by Crippen LogP contribution is -2.49. The van der Waals surface area contributed by atoms with Gasteiger partial charge in [-0.2, -0.15) is 4.98 Å². The van der Waals surface area contributed by atoms with Crippen LogP contribution in [0.4, 0.5) is 5.82 Å². The fourth-order valence-corrected chi connectivity index (χ4v) is 3.49. The highest BCUT2D eigenvalue weighted by atomic mass is 16.5. The molecule has 32 heavy (non-hydrogen) atoms. The maximum absolute atomic E-state index is 13.0. The van der Waals surface area contributed by atoms with Gasteiger partial charge in [-0.25, -0.2) is 4.98 Å². The van der Waals surface area contributed by atoms with Crippen molar-refractivity contribution in [3.8, 4) is 17.1 Å². The van der Waals surface area contributed by atoms with Crippen LogP contribution in [0.3, 0.4) is 0 Å². The molecule has 9 nitrogen and oxygen atoms in total. The summed E-state index contributed by atoms with van der Waals surface area (Å²) in [6, 6.07) is 10.6. The Bertz CT molecular complexity index is 1100. The standard InChI is InChI=1S/C23H25N5O4/c1-15(2)22-25-21(26-32-22)17-8-9-20(24-14-17)27-10-12-28(13-11-27)23(30)18-6-4-5-7-19(18)31-16(3)29/h4-9,14-15H,10-13H2,1-3H3. The highest BCUT2D eigenvalue weighted by Crippen LogP contribution is 2.24. The van der Waals surface area contributed by atoms with Gasteiger partial charge in [0.1, 0.15) is 11.6 Å². The summed E-state index contributed by atoms with van der Waals surface area (Å²) in [5.74, 6) is 1.80. The Hall–Kier alpha value is -3.75. The molecule has 3 heterocycles. The van der Waals surface area contributed by atoms with Crippen LogP contribution < -0.4 is 9.64 Å². The van der Waals surface area contributed by atoms with Crippen molar-refractivity contribution in [3.05, 3.63) is 54.0 Å². The Morgan fingerprint density at radius 1 is 1.06 bits per heavy atom. The summed E-state index contributed by atoms with van der Waals surface area (Å²) >= 11 is 0. The molecule has 1 aliphatic rings. The van der Waals surface area contributed by atoms with E-state index in [9.17, 15) is 9.59 Å². The van der Waals surface area contributed by atoms with Crippen molar-refractivity contribution in [3.63, 3.8) is 0 Å². The minimum atomic E-state index is -0.453. The van der Waals surface area contributed by atoms with E-state index in [1.54, 1.807) is 35.4 Å². The zero-order chi connectivity index (χ0) is 22.7. The first-order valence-electron chi connectivity index (χ1n) is 10.5. The third-order valence-electron chi connectivity index (χ3n) is 5.20. The molecule has 1 aliphatic heterocycles. The number of pyridine rings is 1. The Balaban J connectivity index is 1.39. The average Bonchev–Trinajstić information content (AvgIpc) is 3.30. The SMILES string of the molecule is CC(=O)Oc1ccccc1C(=O)N1CCN(c2ccc(-c3noc(C(C)C)n3)cn2)CC1. The Morgan fingerprint density at radius 2 is 1.81 bits per heavy atom. The van der Waals surface area contributed by atoms with Crippen LogP contribution in [-0.4, -0.2) is 58.1 Å². The summed E-state index contributed by atoms with van der Waals surface area (Å²) < 4.78 is 10.4. The van der Waals surface area contributed by atoms with Crippen LogP contribution in [0.1, 0.15) is 42.9 Å². The molecule has 1 aromatic carbocycles. The smallest absolute Gasteiger partial charge is 0.308 e. The van der Waals surface area contributed by atoms with Gasteiger partial charge in [0.05, 0.1) is 5.56 Å². The van der Waals surface area contributed by atoms with Crippen molar-refractivity contribution in [2.24, 2.45) is 0 Å². The lowest BCUT2D eigenvalue weighted by molar-refractivity contribution is -0.131. The zero-order valence-electron chi connectivity index (χ0n) is 18.3. The summed E-state index contributed by atoms with van der Waals surface area (Å²) in [5.41, 5.74) is 1.18. The molecule has 0 atom stereocenters. The topological polar surface area (TPSA) is 102 Å². The second-order valence-corrected chi connectivity index (χ2v) is 7.89. The van der Waals surface area contributed by atoms with Gasteiger partial charge in [-0.05, 0) is 24.3 Å². The number of ether oxygens (including phenoxy) is 1. The van der Waals surface area contributed by atoms with E-state index in [0.29, 0.717) is 43.5 Å². The molecule has 0 spiro atoms. The number of hydrogen-bond acceptors (Lipinski definition) is 8. The van der Waals surface area contributed by atoms with Crippen molar-refractivity contribution in [1.29, 1.82) is 0 Å². The van der Waals surface area contributed by atoms with Gasteiger partial charge in [0.15, 0.2) is 0 Å². The van der Waals surface area contributed by atoms with Crippen LogP contribution in [0.5, 0.6) is 5.75 Å². The fraction of sp³-hybridized carbons (Fsp3) is 0.348. The van der Waals surface area contributed by atoms with E-state index in [1.807, 2.05) is 26.0 Å². The normalized spacial score (nSPS) is 14.0. The lowest BCUT2D eigenvalue weighted by atomic mass is 10.1. The molecule has 0 radical (unpaired) electrons. The van der Waals surface area contributed by atoms with Crippen LogP contribution in [0, 0.1) is 0 Å². The predicted molar refractivity (Wildman–Crippen MR) is 117 cm³/mol. The molecule has 1 fully saturated rings. The summed E-state index contributed by atoms with van der Waals surface area (Å²) in [7, 11) is 0. The molecule has 2 aromatic heterocycles. The molecule has 0 bridgehead atoms. The minimum absolute atomic E-state index is 0.150. The molecule has 1 amide bonds. The van der Waals surface area contributed by atoms with E-state index in [4.69, 9.17) is 9.26 Å². The van der Waals surface area contributed by atoms with Crippen molar-refractivity contribution in [2.75, 3.05) is 31.1 Å². The number of carbonyl (C=O) groups is 2. The second-order valence-electron chi connectivity index (χ2n) is 7.89. The third kappa shape index (κ3) is 4.61. The van der Waals surface area contributed by atoms with Crippen molar-refractivity contribution in [1.82, 2.24) is 20.0 Å². The summed E-state index contributed by atoms with van der Waals surface area (Å²) in [6.07, 6.45) is 1.73. The van der Waals surface area contributed by atoms with E-state index in [0.717, 1.165) is 11.4 Å². The van der Waals surface area contributed by atoms with E-state index < -0.39 is 5.97 Å². The van der Waals surface area contributed by atoms with E-state index in [1.165, 1.54) is 6.92 Å². The Kier molecular flexibility index (Phi) is 6.16. The van der Waals surface area contributed by atoms with Gasteiger partial charge in [-0.15, -0.1) is 0 Å². The number of hydrogen-bond donors (Lipinski definition) is 0. The van der Waals surface area contributed by atoms with E-state index in [-0.39, 0.29) is 17.6 Å². The number of piperazine rings is 1. The number of nitrogens with zero attached hydrogens (tertiary/aromatic N) is 5. The van der Waals surface area contributed by atoms with Crippen LogP contribution in [0.2, 0.25) is 0 Å². The number of benzene rings is 1. The van der Waals surface area contributed by atoms with Crippen LogP contribution in [0.15, 0.2) is 47.1 Å². The van der Waals surface area contributed by atoms with Gasteiger partial charge in [0, 0.05) is 50.8 Å². The lowest BCUT2D eigenvalue weighted by Gasteiger charge is -2.35. The molecule has 166 valence electrons. The van der Waals surface area contributed by atoms with Crippen molar-refractivity contribution >= 4 is 17.7 Å². The first-order valence-corrected chi connectivity index (χ1v) is 10.5. The summed E-state index contributed by atoms with van der Waals surface area (Å²) in [6.45, 7) is 7.69. The number of carbonyl (C=O) groups excluding carboxylic acids is 2. The van der Waals surface area contributed by atoms with Gasteiger partial charge >= 0.3 is 5.97 Å². The maximum Gasteiger partial charge on any atom is 0.308 e. The Morgan fingerprint density at radius 3 is 2.44 bits per heavy atom. The highest BCUT2D eigenvalue weighted by Gasteiger charge is 2.25. The number of rotatable bonds is 5. The van der Waals surface area contributed by atoms with Crippen LogP contribution in [0.25, 0.3) is 11.4 Å². The predicted octanol–water partition coefficient (Wildman–Crippen LogP) is 3.14. The molecule has 0 aliphatic carbocycles. The second kappa shape index (κ2) is 9.17. The molecular formula is C23H25N5O4. The number of esters is 1. The first kappa shape index (κ1) is 21.5. The maximum atomic E-state index is 13.0. The van der Waals surface area contributed by atoms with E-state index in [2.05, 4.69) is 20.0 Å². The third-order valence-corrected chi connectivity index (χ3v) is 5.20.